The smallest absolute Gasteiger partial charge is 0.242 e. The minimum atomic E-state index is -0.516. The van der Waals surface area contributed by atoms with Crippen LogP contribution in [0.4, 0.5) is 11.4 Å². The lowest BCUT2D eigenvalue weighted by molar-refractivity contribution is -0.127. The maximum Gasteiger partial charge on any atom is 0.242 e. The van der Waals surface area contributed by atoms with Crippen molar-refractivity contribution in [2.75, 3.05) is 11.9 Å². The third-order valence-electron chi connectivity index (χ3n) is 4.71. The van der Waals surface area contributed by atoms with E-state index in [1.54, 1.807) is 11.0 Å². The highest BCUT2D eigenvalue weighted by Gasteiger charge is 2.38. The summed E-state index contributed by atoms with van der Waals surface area (Å²) in [6.07, 6.45) is 1.74. The fourth-order valence-corrected chi connectivity index (χ4v) is 4.94. The van der Waals surface area contributed by atoms with Gasteiger partial charge in [-0.1, -0.05) is 47.7 Å². The summed E-state index contributed by atoms with van der Waals surface area (Å²) in [6, 6.07) is 11.6. The number of carbonyl (C=O) groups is 2. The molecule has 1 N–H and O–H groups in total. The van der Waals surface area contributed by atoms with Gasteiger partial charge in [-0.05, 0) is 60.0 Å². The van der Waals surface area contributed by atoms with Crippen molar-refractivity contribution in [1.29, 1.82) is 0 Å². The van der Waals surface area contributed by atoms with Crippen molar-refractivity contribution in [1.82, 2.24) is 4.90 Å². The molecule has 7 heteroatoms. The van der Waals surface area contributed by atoms with Crippen LogP contribution in [-0.4, -0.2) is 33.7 Å². The molecule has 2 aromatic rings. The average Bonchev–Trinajstić information content (AvgIpc) is 2.95. The lowest BCUT2D eigenvalue weighted by Crippen LogP contribution is -2.33. The molecule has 1 heterocycles. The molecule has 2 aromatic carbocycles. The van der Waals surface area contributed by atoms with Gasteiger partial charge in [0.25, 0.3) is 0 Å². The summed E-state index contributed by atoms with van der Waals surface area (Å²) in [7, 11) is 0. The molecule has 1 saturated heterocycles. The average molecular weight is 486 g/mol. The number of anilines is 1. The van der Waals surface area contributed by atoms with Crippen molar-refractivity contribution < 1.29 is 9.59 Å². The summed E-state index contributed by atoms with van der Waals surface area (Å²) in [4.78, 5) is 31.9. The summed E-state index contributed by atoms with van der Waals surface area (Å²) in [5, 5.41) is 3.04. The summed E-state index contributed by atoms with van der Waals surface area (Å²) >= 11 is 4.80. The molecule has 0 saturated carbocycles. The van der Waals surface area contributed by atoms with Crippen LogP contribution in [0.25, 0.3) is 0 Å². The van der Waals surface area contributed by atoms with Crippen LogP contribution in [0.15, 0.2) is 58.5 Å². The molecule has 1 unspecified atom stereocenters. The topological polar surface area (TPSA) is 61.8 Å². The molecule has 2 amide bonds. The second kappa shape index (κ2) is 9.62. The minimum absolute atomic E-state index is 0.0822. The number of rotatable bonds is 6. The molecule has 0 aromatic heterocycles. The van der Waals surface area contributed by atoms with E-state index >= 15 is 0 Å². The van der Waals surface area contributed by atoms with E-state index in [2.05, 4.69) is 32.8 Å². The first-order valence-corrected chi connectivity index (χ1v) is 11.3. The zero-order chi connectivity index (χ0) is 21.8. The molecular formula is C23H24BrN3O2S. The number of para-hydroxylation sites is 1. The van der Waals surface area contributed by atoms with E-state index in [4.69, 9.17) is 0 Å². The second-order valence-corrected chi connectivity index (χ2v) is 9.24. The van der Waals surface area contributed by atoms with E-state index < -0.39 is 5.25 Å². The number of hydrogen-bond donors (Lipinski definition) is 1. The quantitative estimate of drug-likeness (QED) is 0.547. The van der Waals surface area contributed by atoms with Crippen LogP contribution in [-0.2, 0) is 9.59 Å². The Morgan fingerprint density at radius 1 is 1.27 bits per heavy atom. The number of thioether (sulfide) groups is 1. The van der Waals surface area contributed by atoms with E-state index in [1.165, 1.54) is 11.8 Å². The maximum atomic E-state index is 12.9. The number of aryl methyl sites for hydroxylation is 3. The van der Waals surface area contributed by atoms with Gasteiger partial charge in [-0.3, -0.25) is 14.5 Å². The van der Waals surface area contributed by atoms with Crippen LogP contribution in [0.3, 0.4) is 0 Å². The van der Waals surface area contributed by atoms with E-state index in [0.29, 0.717) is 11.7 Å². The first-order valence-electron chi connectivity index (χ1n) is 9.60. The van der Waals surface area contributed by atoms with Gasteiger partial charge in [-0.2, -0.15) is 0 Å². The summed E-state index contributed by atoms with van der Waals surface area (Å²) < 4.78 is 0.843. The highest BCUT2D eigenvalue weighted by Crippen LogP contribution is 2.34. The number of hydrogen-bond acceptors (Lipinski definition) is 4. The molecule has 0 bridgehead atoms. The van der Waals surface area contributed by atoms with Crippen LogP contribution in [0, 0.1) is 20.8 Å². The van der Waals surface area contributed by atoms with Crippen LogP contribution >= 0.6 is 27.7 Å². The number of nitrogens with zero attached hydrogens (tertiary/aromatic N) is 2. The predicted molar refractivity (Wildman–Crippen MR) is 128 cm³/mol. The Balaban J connectivity index is 1.78. The van der Waals surface area contributed by atoms with Gasteiger partial charge in [-0.25, -0.2) is 4.99 Å². The lowest BCUT2D eigenvalue weighted by atomic mass is 10.0. The number of halogens is 1. The Morgan fingerprint density at radius 3 is 2.57 bits per heavy atom. The Kier molecular flexibility index (Phi) is 7.15. The third kappa shape index (κ3) is 5.02. The van der Waals surface area contributed by atoms with Crippen molar-refractivity contribution in [2.24, 2.45) is 4.99 Å². The largest absolute Gasteiger partial charge is 0.326 e. The molecule has 3 rings (SSSR count). The fraction of sp³-hybridized carbons (Fsp3) is 0.261. The Morgan fingerprint density at radius 2 is 1.93 bits per heavy atom. The van der Waals surface area contributed by atoms with E-state index in [9.17, 15) is 9.59 Å². The SMILES string of the molecule is C=CCN1C(=O)C(CC(=O)Nc2c(C)cc(C)cc2C)SC1=Nc1ccccc1Br. The zero-order valence-electron chi connectivity index (χ0n) is 17.2. The van der Waals surface area contributed by atoms with Gasteiger partial charge in [0.1, 0.15) is 5.25 Å². The summed E-state index contributed by atoms with van der Waals surface area (Å²) in [5.74, 6) is -0.310. The van der Waals surface area contributed by atoms with Gasteiger partial charge in [0, 0.05) is 23.1 Å². The molecule has 0 spiro atoms. The molecule has 30 heavy (non-hydrogen) atoms. The fourth-order valence-electron chi connectivity index (χ4n) is 3.40. The number of nitrogens with one attached hydrogen (secondary N) is 1. The first-order chi connectivity index (χ1) is 14.3. The number of benzene rings is 2. The Bertz CT molecular complexity index is 1010. The number of amidine groups is 1. The molecule has 0 radical (unpaired) electrons. The maximum absolute atomic E-state index is 12.9. The molecule has 156 valence electrons. The Hall–Kier alpha value is -2.38. The molecule has 1 atom stereocenters. The highest BCUT2D eigenvalue weighted by atomic mass is 79.9. The normalized spacial score (nSPS) is 17.5. The molecule has 5 nitrogen and oxygen atoms in total. The van der Waals surface area contributed by atoms with E-state index in [1.807, 2.05) is 57.2 Å². The molecule has 1 aliphatic rings. The standard InChI is InChI=1S/C23H24BrN3O2S/c1-5-10-27-22(29)19(30-23(27)25-18-9-7-6-8-17(18)24)13-20(28)26-21-15(3)11-14(2)12-16(21)4/h5-9,11-12,19H,1,10,13H2,2-4H3,(H,26,28). The highest BCUT2D eigenvalue weighted by molar-refractivity contribution is 9.10. The van der Waals surface area contributed by atoms with Crippen LogP contribution in [0.2, 0.25) is 0 Å². The number of aliphatic imine (C=N–C) groups is 1. The summed E-state index contributed by atoms with van der Waals surface area (Å²) in [5.41, 5.74) is 4.72. The van der Waals surface area contributed by atoms with Gasteiger partial charge in [0.2, 0.25) is 11.8 Å². The zero-order valence-corrected chi connectivity index (χ0v) is 19.6. The van der Waals surface area contributed by atoms with Crippen LogP contribution in [0.5, 0.6) is 0 Å². The monoisotopic (exact) mass is 485 g/mol. The predicted octanol–water partition coefficient (Wildman–Crippen LogP) is 5.52. The van der Waals surface area contributed by atoms with Gasteiger partial charge in [0.05, 0.1) is 5.69 Å². The third-order valence-corrected chi connectivity index (χ3v) is 6.56. The van der Waals surface area contributed by atoms with Crippen molar-refractivity contribution in [3.05, 3.63) is 70.2 Å². The van der Waals surface area contributed by atoms with E-state index in [0.717, 1.165) is 32.5 Å². The number of carbonyl (C=O) groups excluding carboxylic acids is 2. The van der Waals surface area contributed by atoms with Gasteiger partial charge in [-0.15, -0.1) is 6.58 Å². The van der Waals surface area contributed by atoms with Gasteiger partial charge in [0.15, 0.2) is 5.17 Å². The first kappa shape index (κ1) is 22.3. The van der Waals surface area contributed by atoms with Crippen molar-refractivity contribution in [3.8, 4) is 0 Å². The molecule has 0 aliphatic carbocycles. The second-order valence-electron chi connectivity index (χ2n) is 7.22. The Labute approximate surface area is 189 Å². The lowest BCUT2D eigenvalue weighted by Gasteiger charge is -2.15. The van der Waals surface area contributed by atoms with Crippen molar-refractivity contribution in [3.63, 3.8) is 0 Å². The van der Waals surface area contributed by atoms with Crippen molar-refractivity contribution in [2.45, 2.75) is 32.4 Å². The molecule has 1 aliphatic heterocycles. The van der Waals surface area contributed by atoms with Gasteiger partial charge >= 0.3 is 0 Å². The molecular weight excluding hydrogens is 462 g/mol. The van der Waals surface area contributed by atoms with E-state index in [-0.39, 0.29) is 18.2 Å². The van der Waals surface area contributed by atoms with Crippen molar-refractivity contribution >= 4 is 56.0 Å². The number of amides is 2. The van der Waals surface area contributed by atoms with Crippen LogP contribution in [0.1, 0.15) is 23.1 Å². The minimum Gasteiger partial charge on any atom is -0.326 e. The summed E-state index contributed by atoms with van der Waals surface area (Å²) in [6.45, 7) is 10.1. The van der Waals surface area contributed by atoms with Gasteiger partial charge < -0.3 is 5.32 Å². The molecule has 1 fully saturated rings. The van der Waals surface area contributed by atoms with Crippen LogP contribution < -0.4 is 5.32 Å².